The Hall–Kier alpha value is -1.91. The SMILES string of the molecule is COCc1ccc(C=NC2c3ccccc3CC2O)o1. The van der Waals surface area contributed by atoms with E-state index in [1.165, 1.54) is 5.56 Å². The van der Waals surface area contributed by atoms with Crippen LogP contribution in [0.25, 0.3) is 0 Å². The first-order valence-electron chi connectivity index (χ1n) is 6.64. The minimum Gasteiger partial charge on any atom is -0.458 e. The van der Waals surface area contributed by atoms with Gasteiger partial charge < -0.3 is 14.3 Å². The van der Waals surface area contributed by atoms with Gasteiger partial charge in [-0.1, -0.05) is 24.3 Å². The van der Waals surface area contributed by atoms with E-state index in [9.17, 15) is 5.11 Å². The van der Waals surface area contributed by atoms with Crippen LogP contribution in [0.3, 0.4) is 0 Å². The van der Waals surface area contributed by atoms with Gasteiger partial charge >= 0.3 is 0 Å². The van der Waals surface area contributed by atoms with Crippen molar-refractivity contribution in [3.8, 4) is 0 Å². The van der Waals surface area contributed by atoms with E-state index in [0.717, 1.165) is 11.3 Å². The van der Waals surface area contributed by atoms with E-state index in [2.05, 4.69) is 4.99 Å². The fourth-order valence-corrected chi connectivity index (χ4v) is 2.57. The molecule has 0 saturated heterocycles. The Morgan fingerprint density at radius 2 is 2.20 bits per heavy atom. The minimum atomic E-state index is -0.461. The zero-order valence-corrected chi connectivity index (χ0v) is 11.3. The molecule has 2 atom stereocenters. The molecule has 0 aliphatic heterocycles. The van der Waals surface area contributed by atoms with Crippen LogP contribution in [-0.4, -0.2) is 24.5 Å². The summed E-state index contributed by atoms with van der Waals surface area (Å²) < 4.78 is 10.6. The normalized spacial score (nSPS) is 21.5. The second-order valence-electron chi connectivity index (χ2n) is 4.93. The average molecular weight is 271 g/mol. The van der Waals surface area contributed by atoms with E-state index in [4.69, 9.17) is 9.15 Å². The van der Waals surface area contributed by atoms with Gasteiger partial charge in [0.15, 0.2) is 0 Å². The molecular weight excluding hydrogens is 254 g/mol. The number of nitrogens with zero attached hydrogens (tertiary/aromatic N) is 1. The predicted octanol–water partition coefficient (Wildman–Crippen LogP) is 2.50. The zero-order valence-electron chi connectivity index (χ0n) is 11.3. The molecule has 0 bridgehead atoms. The number of hydrogen-bond donors (Lipinski definition) is 1. The number of furan rings is 1. The molecule has 4 heteroatoms. The van der Waals surface area contributed by atoms with E-state index >= 15 is 0 Å². The van der Waals surface area contributed by atoms with E-state index in [-0.39, 0.29) is 6.04 Å². The lowest BCUT2D eigenvalue weighted by molar-refractivity contribution is 0.159. The summed E-state index contributed by atoms with van der Waals surface area (Å²) in [6, 6.07) is 11.5. The van der Waals surface area contributed by atoms with Crippen LogP contribution < -0.4 is 0 Å². The molecule has 0 spiro atoms. The highest BCUT2D eigenvalue weighted by atomic mass is 16.5. The molecule has 1 aliphatic rings. The van der Waals surface area contributed by atoms with Gasteiger partial charge in [-0.25, -0.2) is 0 Å². The Morgan fingerprint density at radius 1 is 1.35 bits per heavy atom. The molecule has 1 aromatic heterocycles. The maximum Gasteiger partial charge on any atom is 0.144 e. The van der Waals surface area contributed by atoms with Crippen molar-refractivity contribution < 1.29 is 14.3 Å². The third-order valence-electron chi connectivity index (χ3n) is 3.50. The average Bonchev–Trinajstić information content (AvgIpc) is 3.01. The lowest BCUT2D eigenvalue weighted by Gasteiger charge is -2.09. The first kappa shape index (κ1) is 13.1. The predicted molar refractivity (Wildman–Crippen MR) is 75.9 cm³/mol. The molecule has 20 heavy (non-hydrogen) atoms. The maximum absolute atomic E-state index is 10.1. The van der Waals surface area contributed by atoms with Crippen LogP contribution in [0.2, 0.25) is 0 Å². The number of rotatable bonds is 4. The van der Waals surface area contributed by atoms with Gasteiger partial charge in [-0.05, 0) is 23.3 Å². The molecule has 1 aromatic carbocycles. The van der Waals surface area contributed by atoms with Gasteiger partial charge in [0.05, 0.1) is 12.3 Å². The summed E-state index contributed by atoms with van der Waals surface area (Å²) in [7, 11) is 1.63. The number of ether oxygens (including phenoxy) is 1. The summed E-state index contributed by atoms with van der Waals surface area (Å²) >= 11 is 0. The standard InChI is InChI=1S/C16H17NO3/c1-19-10-13-7-6-12(20-13)9-17-16-14-5-3-2-4-11(14)8-15(16)18/h2-7,9,15-16,18H,8,10H2,1H3. The summed E-state index contributed by atoms with van der Waals surface area (Å²) in [5, 5.41) is 10.1. The summed E-state index contributed by atoms with van der Waals surface area (Å²) in [4.78, 5) is 4.48. The second-order valence-corrected chi connectivity index (χ2v) is 4.93. The van der Waals surface area contributed by atoms with Gasteiger partial charge in [0.25, 0.3) is 0 Å². The Kier molecular flexibility index (Phi) is 3.67. The van der Waals surface area contributed by atoms with Crippen LogP contribution in [0.5, 0.6) is 0 Å². The van der Waals surface area contributed by atoms with Crippen molar-refractivity contribution in [2.75, 3.05) is 7.11 Å². The molecule has 2 unspecified atom stereocenters. The Balaban J connectivity index is 1.78. The van der Waals surface area contributed by atoms with Crippen molar-refractivity contribution in [3.63, 3.8) is 0 Å². The minimum absolute atomic E-state index is 0.206. The van der Waals surface area contributed by atoms with Gasteiger partial charge in [-0.15, -0.1) is 0 Å². The summed E-state index contributed by atoms with van der Waals surface area (Å²) in [6.45, 7) is 0.447. The highest BCUT2D eigenvalue weighted by Gasteiger charge is 2.29. The first-order chi connectivity index (χ1) is 9.78. The number of aliphatic imine (C=N–C) groups is 1. The summed E-state index contributed by atoms with van der Waals surface area (Å²) in [5.41, 5.74) is 2.27. The molecular formula is C16H17NO3. The van der Waals surface area contributed by atoms with Gasteiger partial charge in [-0.3, -0.25) is 4.99 Å². The molecule has 0 amide bonds. The van der Waals surface area contributed by atoms with Crippen LogP contribution >= 0.6 is 0 Å². The number of fused-ring (bicyclic) bond motifs is 1. The first-order valence-corrected chi connectivity index (χ1v) is 6.64. The molecule has 0 radical (unpaired) electrons. The topological polar surface area (TPSA) is 55.0 Å². The molecule has 1 heterocycles. The van der Waals surface area contributed by atoms with Crippen LogP contribution in [0, 0.1) is 0 Å². The molecule has 2 aromatic rings. The summed E-state index contributed by atoms with van der Waals surface area (Å²) in [5.74, 6) is 1.44. The Bertz CT molecular complexity index is 618. The number of aliphatic hydroxyl groups excluding tert-OH is 1. The lowest BCUT2D eigenvalue weighted by Crippen LogP contribution is -2.11. The largest absolute Gasteiger partial charge is 0.458 e. The zero-order chi connectivity index (χ0) is 13.9. The lowest BCUT2D eigenvalue weighted by atomic mass is 10.1. The molecule has 4 nitrogen and oxygen atoms in total. The van der Waals surface area contributed by atoms with Crippen molar-refractivity contribution in [3.05, 3.63) is 59.0 Å². The van der Waals surface area contributed by atoms with E-state index < -0.39 is 6.10 Å². The van der Waals surface area contributed by atoms with Crippen LogP contribution in [0.4, 0.5) is 0 Å². The van der Waals surface area contributed by atoms with Crippen molar-refractivity contribution in [1.82, 2.24) is 0 Å². The molecule has 3 rings (SSSR count). The number of aliphatic hydroxyl groups is 1. The summed E-state index contributed by atoms with van der Waals surface area (Å²) in [6.07, 6.45) is 1.87. The fraction of sp³-hybridized carbons (Fsp3) is 0.312. The number of benzene rings is 1. The Morgan fingerprint density at radius 3 is 3.05 bits per heavy atom. The molecule has 1 aliphatic carbocycles. The molecule has 104 valence electrons. The smallest absolute Gasteiger partial charge is 0.144 e. The van der Waals surface area contributed by atoms with E-state index in [1.807, 2.05) is 36.4 Å². The number of methoxy groups -OCH3 is 1. The second kappa shape index (κ2) is 5.61. The van der Waals surface area contributed by atoms with Crippen molar-refractivity contribution >= 4 is 6.21 Å². The van der Waals surface area contributed by atoms with Crippen LogP contribution in [0.1, 0.15) is 28.7 Å². The third-order valence-corrected chi connectivity index (χ3v) is 3.50. The highest BCUT2D eigenvalue weighted by Crippen LogP contribution is 2.34. The third kappa shape index (κ3) is 2.53. The van der Waals surface area contributed by atoms with Gasteiger partial charge in [0.2, 0.25) is 0 Å². The van der Waals surface area contributed by atoms with Crippen LogP contribution in [-0.2, 0) is 17.8 Å². The fourth-order valence-electron chi connectivity index (χ4n) is 2.57. The molecule has 0 saturated carbocycles. The number of hydrogen-bond acceptors (Lipinski definition) is 4. The van der Waals surface area contributed by atoms with Crippen LogP contribution in [0.15, 0.2) is 45.8 Å². The Labute approximate surface area is 117 Å². The molecule has 0 fully saturated rings. The van der Waals surface area contributed by atoms with Crippen molar-refractivity contribution in [1.29, 1.82) is 0 Å². The maximum atomic E-state index is 10.1. The molecule has 1 N–H and O–H groups in total. The van der Waals surface area contributed by atoms with Crippen molar-refractivity contribution in [2.24, 2.45) is 4.99 Å². The van der Waals surface area contributed by atoms with Gasteiger partial charge in [0.1, 0.15) is 24.2 Å². The van der Waals surface area contributed by atoms with Crippen molar-refractivity contribution in [2.45, 2.75) is 25.2 Å². The van der Waals surface area contributed by atoms with Gasteiger partial charge in [-0.2, -0.15) is 0 Å². The highest BCUT2D eigenvalue weighted by molar-refractivity contribution is 5.76. The van der Waals surface area contributed by atoms with E-state index in [1.54, 1.807) is 13.3 Å². The monoisotopic (exact) mass is 271 g/mol. The quantitative estimate of drug-likeness (QED) is 0.869. The van der Waals surface area contributed by atoms with Gasteiger partial charge in [0, 0.05) is 13.5 Å². The van der Waals surface area contributed by atoms with E-state index in [0.29, 0.717) is 18.8 Å².